The molecule has 1 aromatic carbocycles. The molecule has 0 saturated carbocycles. The maximum absolute atomic E-state index is 12.9. The fourth-order valence-corrected chi connectivity index (χ4v) is 5.24. The summed E-state index contributed by atoms with van der Waals surface area (Å²) in [6, 6.07) is 9.20. The van der Waals surface area contributed by atoms with E-state index < -0.39 is 39.7 Å². The number of Topliss-reactive ketones (excluding diaryl/α,β-unsaturated/α-hetero) is 1. The third-order valence-corrected chi connectivity index (χ3v) is 6.82. The Kier molecular flexibility index (Phi) is 6.83. The van der Waals surface area contributed by atoms with Crippen molar-refractivity contribution < 1.29 is 28.7 Å². The summed E-state index contributed by atoms with van der Waals surface area (Å²) < 4.78 is 5.19. The number of fused-ring (bicyclic) bond motifs is 1. The summed E-state index contributed by atoms with van der Waals surface area (Å²) in [5.74, 6) is -3.05. The van der Waals surface area contributed by atoms with Gasteiger partial charge in [0.1, 0.15) is 0 Å². The molecule has 0 aliphatic carbocycles. The number of hydrogen-bond donors (Lipinski definition) is 1. The Morgan fingerprint density at radius 2 is 1.94 bits per heavy atom. The van der Waals surface area contributed by atoms with Gasteiger partial charge in [0, 0.05) is 6.54 Å². The summed E-state index contributed by atoms with van der Waals surface area (Å²) in [4.78, 5) is 63.8. The van der Waals surface area contributed by atoms with Gasteiger partial charge in [0.25, 0.3) is 5.54 Å². The molecule has 1 N–H and O–H groups in total. The van der Waals surface area contributed by atoms with Crippen molar-refractivity contribution >= 4 is 41.6 Å². The van der Waals surface area contributed by atoms with Gasteiger partial charge in [-0.05, 0) is 18.4 Å². The Bertz CT molecular complexity index is 889. The summed E-state index contributed by atoms with van der Waals surface area (Å²) in [6.45, 7) is 5.36. The molecule has 2 aliphatic heterocycles. The number of rotatable bonds is 8. The predicted octanol–water partition coefficient (Wildman–Crippen LogP) is 0.971. The van der Waals surface area contributed by atoms with Crippen LogP contribution in [-0.4, -0.2) is 64.1 Å². The van der Waals surface area contributed by atoms with E-state index in [4.69, 9.17) is 4.74 Å². The molecule has 9 heteroatoms. The maximum Gasteiger partial charge on any atom is 0.347 e. The number of nitrogens with one attached hydrogen (secondary N) is 1. The number of amides is 2. The number of carbonyl (C=O) groups excluding carboxylic acids is 5. The van der Waals surface area contributed by atoms with Crippen LogP contribution in [-0.2, 0) is 35.1 Å². The molecular formula is C22H26N2O6S. The van der Waals surface area contributed by atoms with Crippen molar-refractivity contribution in [1.82, 2.24) is 10.2 Å². The lowest BCUT2D eigenvalue weighted by atomic mass is 9.83. The van der Waals surface area contributed by atoms with Gasteiger partial charge in [0.05, 0.1) is 29.6 Å². The average molecular weight is 447 g/mol. The highest BCUT2D eigenvalue weighted by Crippen LogP contribution is 2.47. The second kappa shape index (κ2) is 9.21. The van der Waals surface area contributed by atoms with E-state index >= 15 is 0 Å². The highest BCUT2D eigenvalue weighted by Gasteiger charge is 2.68. The fourth-order valence-electron chi connectivity index (χ4n) is 3.72. The molecule has 2 aliphatic rings. The first-order valence-electron chi connectivity index (χ1n) is 10.2. The third-order valence-electron chi connectivity index (χ3n) is 5.38. The summed E-state index contributed by atoms with van der Waals surface area (Å²) in [6.07, 6.45) is 0.404. The lowest BCUT2D eigenvalue weighted by molar-refractivity contribution is -0.182. The highest BCUT2D eigenvalue weighted by atomic mass is 32.2. The van der Waals surface area contributed by atoms with Gasteiger partial charge in [-0.15, -0.1) is 11.8 Å². The van der Waals surface area contributed by atoms with Crippen LogP contribution in [0.2, 0.25) is 0 Å². The largest absolute Gasteiger partial charge is 0.463 e. The first-order valence-corrected chi connectivity index (χ1v) is 11.1. The van der Waals surface area contributed by atoms with Gasteiger partial charge in [-0.2, -0.15) is 0 Å². The van der Waals surface area contributed by atoms with Crippen LogP contribution < -0.4 is 5.32 Å². The molecule has 2 heterocycles. The van der Waals surface area contributed by atoms with Crippen LogP contribution in [0.25, 0.3) is 0 Å². The smallest absolute Gasteiger partial charge is 0.347 e. The van der Waals surface area contributed by atoms with Gasteiger partial charge in [0.15, 0.2) is 12.1 Å². The number of benzene rings is 1. The minimum absolute atomic E-state index is 0.00797. The SMILES string of the molecule is CC(C)COC(=O)[C@]1(C=O)C(=O)[C@H](C)S[C@@H]2[C@H](CNC(=O)Cc3ccccc3)C(=O)N21. The zero-order valence-corrected chi connectivity index (χ0v) is 18.5. The first kappa shape index (κ1) is 23.0. The zero-order valence-electron chi connectivity index (χ0n) is 17.7. The van der Waals surface area contributed by atoms with Crippen LogP contribution in [0.4, 0.5) is 0 Å². The van der Waals surface area contributed by atoms with Crippen molar-refractivity contribution in [3.8, 4) is 0 Å². The van der Waals surface area contributed by atoms with Crippen LogP contribution in [0.15, 0.2) is 30.3 Å². The van der Waals surface area contributed by atoms with Crippen molar-refractivity contribution in [3.05, 3.63) is 35.9 Å². The second-order valence-corrected chi connectivity index (χ2v) is 9.65. The molecule has 8 nitrogen and oxygen atoms in total. The van der Waals surface area contributed by atoms with Crippen molar-refractivity contribution in [2.24, 2.45) is 11.8 Å². The van der Waals surface area contributed by atoms with Crippen LogP contribution in [0, 0.1) is 11.8 Å². The van der Waals surface area contributed by atoms with E-state index in [1.165, 1.54) is 11.8 Å². The topological polar surface area (TPSA) is 110 Å². The van der Waals surface area contributed by atoms with Crippen LogP contribution in [0.5, 0.6) is 0 Å². The van der Waals surface area contributed by atoms with Gasteiger partial charge >= 0.3 is 5.97 Å². The van der Waals surface area contributed by atoms with Crippen molar-refractivity contribution in [2.45, 2.75) is 43.4 Å². The Morgan fingerprint density at radius 3 is 2.55 bits per heavy atom. The number of β-lactam (4-membered cyclic amide) rings is 1. The molecule has 0 spiro atoms. The molecule has 2 fully saturated rings. The molecule has 3 rings (SSSR count). The summed E-state index contributed by atoms with van der Waals surface area (Å²) in [5, 5.41) is 1.50. The molecule has 0 unspecified atom stereocenters. The van der Waals surface area contributed by atoms with E-state index in [0.717, 1.165) is 10.5 Å². The van der Waals surface area contributed by atoms with E-state index in [0.29, 0.717) is 0 Å². The average Bonchev–Trinajstić information content (AvgIpc) is 2.74. The molecule has 4 atom stereocenters. The first-order chi connectivity index (χ1) is 14.7. The Balaban J connectivity index is 1.71. The maximum atomic E-state index is 12.9. The van der Waals surface area contributed by atoms with Crippen LogP contribution in [0.1, 0.15) is 26.3 Å². The Hall–Kier alpha value is -2.68. The van der Waals surface area contributed by atoms with E-state index in [1.54, 1.807) is 6.92 Å². The van der Waals surface area contributed by atoms with Gasteiger partial charge in [0.2, 0.25) is 11.8 Å². The lowest BCUT2D eigenvalue weighted by Crippen LogP contribution is -2.79. The molecule has 0 radical (unpaired) electrons. The highest BCUT2D eigenvalue weighted by molar-refractivity contribution is 8.01. The van der Waals surface area contributed by atoms with E-state index in [9.17, 15) is 24.0 Å². The summed E-state index contributed by atoms with van der Waals surface area (Å²) >= 11 is 1.21. The van der Waals surface area contributed by atoms with Crippen molar-refractivity contribution in [3.63, 3.8) is 0 Å². The number of carbonyl (C=O) groups is 5. The number of ether oxygens (including phenoxy) is 1. The van der Waals surface area contributed by atoms with Gasteiger partial charge in [-0.1, -0.05) is 44.2 Å². The molecular weight excluding hydrogens is 420 g/mol. The number of hydrogen-bond acceptors (Lipinski definition) is 7. The number of aldehydes is 1. The summed E-state index contributed by atoms with van der Waals surface area (Å²) in [7, 11) is 0. The normalized spacial score (nSPS) is 27.4. The molecule has 0 aromatic heterocycles. The fraction of sp³-hybridized carbons (Fsp3) is 0.500. The minimum Gasteiger partial charge on any atom is -0.463 e. The van der Waals surface area contributed by atoms with Gasteiger partial charge in [-0.25, -0.2) is 4.79 Å². The molecule has 0 bridgehead atoms. The molecule has 1 aromatic rings. The third kappa shape index (κ3) is 4.23. The van der Waals surface area contributed by atoms with Crippen molar-refractivity contribution in [2.75, 3.05) is 13.2 Å². The second-order valence-electron chi connectivity index (χ2n) is 8.19. The minimum atomic E-state index is -2.26. The van der Waals surface area contributed by atoms with Gasteiger partial charge < -0.3 is 15.0 Å². The number of esters is 1. The number of nitrogens with zero attached hydrogens (tertiary/aromatic N) is 1. The van der Waals surface area contributed by atoms with E-state index in [-0.39, 0.29) is 37.7 Å². The quantitative estimate of drug-likeness (QED) is 0.274. The van der Waals surface area contributed by atoms with Crippen LogP contribution >= 0.6 is 11.8 Å². The monoisotopic (exact) mass is 446 g/mol. The summed E-state index contributed by atoms with van der Waals surface area (Å²) in [5.41, 5.74) is -1.41. The standard InChI is InChI=1S/C22H26N2O6S/c1-13(2)11-30-21(29)22(12-25)18(27)14(3)31-20-16(19(28)24(20)22)10-23-17(26)9-15-7-5-4-6-8-15/h4-8,12-14,16,20H,9-11H2,1-3H3,(H,23,26)/t14-,16+,20+,22-/m0/s1. The number of ketones is 1. The van der Waals surface area contributed by atoms with Crippen LogP contribution in [0.3, 0.4) is 0 Å². The Labute approximate surface area is 185 Å². The van der Waals surface area contributed by atoms with E-state index in [2.05, 4.69) is 5.32 Å². The Morgan fingerprint density at radius 1 is 1.26 bits per heavy atom. The molecule has 2 saturated heterocycles. The zero-order chi connectivity index (χ0) is 22.8. The van der Waals surface area contributed by atoms with Gasteiger partial charge in [-0.3, -0.25) is 19.2 Å². The van der Waals surface area contributed by atoms with E-state index in [1.807, 2.05) is 44.2 Å². The molecule has 166 valence electrons. The van der Waals surface area contributed by atoms with Crippen molar-refractivity contribution in [1.29, 1.82) is 0 Å². The molecule has 31 heavy (non-hydrogen) atoms. The molecule has 2 amide bonds. The lowest BCUT2D eigenvalue weighted by Gasteiger charge is -2.56. The predicted molar refractivity (Wildman–Crippen MR) is 114 cm³/mol. The number of thioether (sulfide) groups is 1.